The van der Waals surface area contributed by atoms with Gasteiger partial charge in [0, 0.05) is 0 Å². The van der Waals surface area contributed by atoms with E-state index in [9.17, 15) is 0 Å². The van der Waals surface area contributed by atoms with Gasteiger partial charge in [-0.15, -0.1) is 0 Å². The molecule has 0 heterocycles. The molecule has 0 aromatic heterocycles. The van der Waals surface area contributed by atoms with Crippen molar-refractivity contribution in [2.75, 3.05) is 0 Å². The van der Waals surface area contributed by atoms with Crippen molar-refractivity contribution in [3.05, 3.63) is 0 Å². The average molecular weight is 95.8 g/mol. The van der Waals surface area contributed by atoms with Crippen molar-refractivity contribution in [3.8, 4) is 0 Å². The van der Waals surface area contributed by atoms with E-state index in [4.69, 9.17) is 0 Å². The van der Waals surface area contributed by atoms with Crippen molar-refractivity contribution in [2.24, 2.45) is 0 Å². The fraction of sp³-hybridized carbons (Fsp3) is 0. The molecule has 0 saturated heterocycles. The molecule has 0 aliphatic carbocycles. The molecule has 4 heavy (non-hydrogen) atoms. The normalized spacial score (nSPS) is 0. The van der Waals surface area contributed by atoms with E-state index in [0.717, 1.165) is 0 Å². The Morgan fingerprint density at radius 1 is 1.00 bits per heavy atom. The average Bonchev–Trinajstić information content (AvgIpc) is 0. The molecule has 0 radical (unpaired) electrons. The summed E-state index contributed by atoms with van der Waals surface area (Å²) in [5.41, 5.74) is 0. The van der Waals surface area contributed by atoms with Crippen LogP contribution in [0.15, 0.2) is 0 Å². The Hall–Kier alpha value is 1.04. The van der Waals surface area contributed by atoms with Gasteiger partial charge >= 0.3 is 35.9 Å². The van der Waals surface area contributed by atoms with E-state index >= 15 is 0 Å². The molecule has 0 unspecified atom stereocenters. The van der Waals surface area contributed by atoms with E-state index in [2.05, 4.69) is 0 Å². The second-order valence-corrected chi connectivity index (χ2v) is 0. The van der Waals surface area contributed by atoms with E-state index < -0.39 is 0 Å². The summed E-state index contributed by atoms with van der Waals surface area (Å²) in [5, 5.41) is 0. The molecular weight excluding hydrogens is 94.8 g/mol. The molecule has 2 nitrogen and oxygen atoms in total. The van der Waals surface area contributed by atoms with Crippen LogP contribution >= 0.6 is 0 Å². The molecular formula is HFeLiO2. The second kappa shape index (κ2) is 34.6. The van der Waals surface area contributed by atoms with Crippen LogP contribution in [-0.2, 0) is 22.5 Å². The topological polar surface area (TPSA) is 58.5 Å². The van der Waals surface area contributed by atoms with Gasteiger partial charge in [-0.1, -0.05) is 0 Å². The summed E-state index contributed by atoms with van der Waals surface area (Å²) in [6.45, 7) is 0. The van der Waals surface area contributed by atoms with Crippen molar-refractivity contribution in [1.29, 1.82) is 0 Å². The molecule has 0 spiro atoms. The maximum atomic E-state index is 0. The van der Waals surface area contributed by atoms with Crippen LogP contribution in [0.25, 0.3) is 0 Å². The third-order valence-corrected chi connectivity index (χ3v) is 0. The van der Waals surface area contributed by atoms with Gasteiger partial charge < -0.3 is 11.0 Å². The first-order valence-corrected chi connectivity index (χ1v) is 0. The summed E-state index contributed by atoms with van der Waals surface area (Å²) in [4.78, 5) is 0. The quantitative estimate of drug-likeness (QED) is 0.291. The Labute approximate surface area is 47.2 Å². The molecule has 0 aliphatic heterocycles. The number of hydrogen-bond donors (Lipinski definition) is 0. The number of rotatable bonds is 0. The molecule has 0 aromatic rings. The molecule has 0 amide bonds. The minimum atomic E-state index is 0. The summed E-state index contributed by atoms with van der Waals surface area (Å²) in [6, 6.07) is 0. The Kier molecular flexibility index (Phi) is 661. The SMILES string of the molecule is [Fe+2].[Li+].[O-2].[OH-]. The summed E-state index contributed by atoms with van der Waals surface area (Å²) in [6.07, 6.45) is 0. The molecule has 0 saturated carbocycles. The Morgan fingerprint density at radius 2 is 1.00 bits per heavy atom. The molecule has 0 aromatic carbocycles. The summed E-state index contributed by atoms with van der Waals surface area (Å²) in [7, 11) is 0. The Morgan fingerprint density at radius 3 is 1.00 bits per heavy atom. The van der Waals surface area contributed by atoms with Crippen LogP contribution in [-0.4, -0.2) is 5.48 Å². The first kappa shape index (κ1) is 76.3. The number of hydrogen-bond acceptors (Lipinski definition) is 1. The van der Waals surface area contributed by atoms with Gasteiger partial charge in [-0.25, -0.2) is 0 Å². The van der Waals surface area contributed by atoms with Crippen LogP contribution in [0.4, 0.5) is 0 Å². The van der Waals surface area contributed by atoms with E-state index in [1.54, 1.807) is 0 Å². The summed E-state index contributed by atoms with van der Waals surface area (Å²) in [5.74, 6) is 0. The molecule has 4 heteroatoms. The van der Waals surface area contributed by atoms with E-state index in [-0.39, 0.29) is 46.9 Å². The van der Waals surface area contributed by atoms with Gasteiger partial charge in [0.05, 0.1) is 0 Å². The molecule has 22 valence electrons. The first-order chi connectivity index (χ1) is 0. The predicted octanol–water partition coefficient (Wildman–Crippen LogP) is -3.29. The van der Waals surface area contributed by atoms with Gasteiger partial charge in [0.2, 0.25) is 0 Å². The van der Waals surface area contributed by atoms with Crippen LogP contribution < -0.4 is 18.9 Å². The van der Waals surface area contributed by atoms with Crippen molar-refractivity contribution in [2.45, 2.75) is 0 Å². The minimum Gasteiger partial charge on any atom is -2.00 e. The summed E-state index contributed by atoms with van der Waals surface area (Å²) >= 11 is 0. The predicted molar refractivity (Wildman–Crippen MR) is 2.62 cm³/mol. The zero-order chi connectivity index (χ0) is 0. The maximum absolute atomic E-state index is 0. The fourth-order valence-electron chi connectivity index (χ4n) is 0. The van der Waals surface area contributed by atoms with E-state index in [1.165, 1.54) is 0 Å². The summed E-state index contributed by atoms with van der Waals surface area (Å²) < 4.78 is 0. The van der Waals surface area contributed by atoms with Gasteiger partial charge in [-0.3, -0.25) is 0 Å². The van der Waals surface area contributed by atoms with Crippen LogP contribution in [0.3, 0.4) is 0 Å². The van der Waals surface area contributed by atoms with Gasteiger partial charge in [0.1, 0.15) is 0 Å². The third-order valence-electron chi connectivity index (χ3n) is 0. The minimum absolute atomic E-state index is 0. The van der Waals surface area contributed by atoms with Gasteiger partial charge in [-0.05, 0) is 0 Å². The van der Waals surface area contributed by atoms with Crippen molar-refractivity contribution in [3.63, 3.8) is 0 Å². The standard InChI is InChI=1S/Fe.Li.H2O.O/h;;1H2;/q+2;+1;;-2/p-1. The van der Waals surface area contributed by atoms with Gasteiger partial charge in [0.25, 0.3) is 0 Å². The largest absolute Gasteiger partial charge is 2.00 e. The first-order valence-electron chi connectivity index (χ1n) is 0. The Balaban J connectivity index is 0. The maximum Gasteiger partial charge on any atom is 2.00 e. The second-order valence-electron chi connectivity index (χ2n) is 0. The third kappa shape index (κ3) is 11.7. The molecule has 0 aliphatic rings. The molecule has 0 rings (SSSR count). The monoisotopic (exact) mass is 95.9 g/mol. The fourth-order valence-corrected chi connectivity index (χ4v) is 0. The van der Waals surface area contributed by atoms with Crippen molar-refractivity contribution >= 4 is 0 Å². The molecule has 0 atom stereocenters. The van der Waals surface area contributed by atoms with Gasteiger partial charge in [0.15, 0.2) is 0 Å². The van der Waals surface area contributed by atoms with E-state index in [1.807, 2.05) is 0 Å². The van der Waals surface area contributed by atoms with Crippen LogP contribution in [0.1, 0.15) is 0 Å². The molecule has 0 bridgehead atoms. The van der Waals surface area contributed by atoms with Crippen LogP contribution in [0.5, 0.6) is 0 Å². The van der Waals surface area contributed by atoms with Crippen molar-refractivity contribution < 1.29 is 46.9 Å². The molecule has 1 N–H and O–H groups in total. The van der Waals surface area contributed by atoms with Crippen LogP contribution in [0.2, 0.25) is 0 Å². The zero-order valence-corrected chi connectivity index (χ0v) is 3.31. The van der Waals surface area contributed by atoms with Crippen LogP contribution in [0, 0.1) is 0 Å². The van der Waals surface area contributed by atoms with Crippen molar-refractivity contribution in [1.82, 2.24) is 0 Å². The van der Waals surface area contributed by atoms with Gasteiger partial charge in [-0.2, -0.15) is 0 Å². The van der Waals surface area contributed by atoms with E-state index in [0.29, 0.717) is 0 Å². The zero-order valence-electron chi connectivity index (χ0n) is 2.21. The smallest absolute Gasteiger partial charge is 2.00 e. The Bertz CT molecular complexity index is 6.00. The molecule has 0 fully saturated rings.